The van der Waals surface area contributed by atoms with Gasteiger partial charge in [-0.05, 0) is 24.1 Å². The monoisotopic (exact) mass is 293 g/mol. The zero-order valence-electron chi connectivity index (χ0n) is 9.55. The third-order valence-corrected chi connectivity index (χ3v) is 3.36. The summed E-state index contributed by atoms with van der Waals surface area (Å²) in [6, 6.07) is 5.37. The molecule has 0 aliphatic carbocycles. The van der Waals surface area contributed by atoms with Gasteiger partial charge in [0.15, 0.2) is 0 Å². The first-order valence-corrected chi connectivity index (χ1v) is 6.57. The third kappa shape index (κ3) is 4.74. The Bertz CT molecular complexity index is 395. The molecule has 2 nitrogen and oxygen atoms in total. The lowest BCUT2D eigenvalue weighted by Crippen LogP contribution is -2.25. The minimum Gasteiger partial charge on any atom is -0.341 e. The molecule has 0 saturated carbocycles. The maximum atomic E-state index is 11.7. The molecule has 0 saturated heterocycles. The Kier molecular flexibility index (Phi) is 6.10. The number of rotatable bonds is 5. The molecule has 0 spiro atoms. The van der Waals surface area contributed by atoms with Crippen LogP contribution in [0.25, 0.3) is 0 Å². The van der Waals surface area contributed by atoms with Crippen LogP contribution >= 0.6 is 34.8 Å². The fraction of sp³-hybridized carbons (Fsp3) is 0.417. The molecule has 94 valence electrons. The lowest BCUT2D eigenvalue weighted by molar-refractivity contribution is -0.130. The van der Waals surface area contributed by atoms with Gasteiger partial charge in [-0.15, -0.1) is 11.6 Å². The quantitative estimate of drug-likeness (QED) is 0.753. The largest absolute Gasteiger partial charge is 0.341 e. The minimum absolute atomic E-state index is 0.0803. The number of carbonyl (C=O) groups is 1. The number of hydrogen-bond acceptors (Lipinski definition) is 1. The van der Waals surface area contributed by atoms with Crippen molar-refractivity contribution in [1.29, 1.82) is 0 Å². The first-order valence-electron chi connectivity index (χ1n) is 5.28. The Labute approximate surface area is 116 Å². The molecule has 1 rings (SSSR count). The molecule has 0 unspecified atom stereocenters. The van der Waals surface area contributed by atoms with Crippen LogP contribution < -0.4 is 0 Å². The van der Waals surface area contributed by atoms with E-state index in [-0.39, 0.29) is 5.91 Å². The van der Waals surface area contributed by atoms with Gasteiger partial charge in [0.1, 0.15) is 0 Å². The van der Waals surface area contributed by atoms with Crippen LogP contribution in [-0.4, -0.2) is 23.7 Å². The molecule has 0 fully saturated rings. The van der Waals surface area contributed by atoms with Gasteiger partial charge in [0.05, 0.1) is 10.0 Å². The van der Waals surface area contributed by atoms with Crippen LogP contribution in [0.2, 0.25) is 10.0 Å². The summed E-state index contributed by atoms with van der Waals surface area (Å²) in [7, 11) is 1.76. The van der Waals surface area contributed by atoms with Crippen LogP contribution in [0.1, 0.15) is 18.4 Å². The van der Waals surface area contributed by atoms with Crippen molar-refractivity contribution in [2.75, 3.05) is 12.9 Å². The number of nitrogens with zero attached hydrogens (tertiary/aromatic N) is 1. The smallest absolute Gasteiger partial charge is 0.222 e. The second-order valence-electron chi connectivity index (χ2n) is 3.79. The van der Waals surface area contributed by atoms with Crippen LogP contribution in [0.4, 0.5) is 0 Å². The summed E-state index contributed by atoms with van der Waals surface area (Å²) in [5.41, 5.74) is 0.959. The van der Waals surface area contributed by atoms with E-state index in [1.165, 1.54) is 0 Å². The summed E-state index contributed by atoms with van der Waals surface area (Å²) in [4.78, 5) is 13.3. The molecule has 0 aliphatic rings. The topological polar surface area (TPSA) is 20.3 Å². The third-order valence-electron chi connectivity index (χ3n) is 2.35. The van der Waals surface area contributed by atoms with Crippen molar-refractivity contribution in [3.05, 3.63) is 33.8 Å². The van der Waals surface area contributed by atoms with Gasteiger partial charge in [0.2, 0.25) is 5.91 Å². The van der Waals surface area contributed by atoms with Gasteiger partial charge >= 0.3 is 0 Å². The molecule has 0 atom stereocenters. The first-order chi connectivity index (χ1) is 8.04. The summed E-state index contributed by atoms with van der Waals surface area (Å²) < 4.78 is 0. The fourth-order valence-corrected chi connectivity index (χ4v) is 1.86. The molecule has 0 bridgehead atoms. The van der Waals surface area contributed by atoms with Crippen LogP contribution in [-0.2, 0) is 11.3 Å². The number of hydrogen-bond donors (Lipinski definition) is 0. The summed E-state index contributed by atoms with van der Waals surface area (Å²) in [6.45, 7) is 0.526. The van der Waals surface area contributed by atoms with Crippen molar-refractivity contribution in [3.8, 4) is 0 Å². The van der Waals surface area contributed by atoms with E-state index in [4.69, 9.17) is 34.8 Å². The molecule has 0 radical (unpaired) electrons. The summed E-state index contributed by atoms with van der Waals surface area (Å²) in [6.07, 6.45) is 1.17. The Hall–Kier alpha value is -0.440. The van der Waals surface area contributed by atoms with E-state index in [0.29, 0.717) is 35.3 Å². The maximum Gasteiger partial charge on any atom is 0.222 e. The molecule has 1 aromatic rings. The normalized spacial score (nSPS) is 10.4. The molecule has 0 aliphatic heterocycles. The zero-order chi connectivity index (χ0) is 12.8. The Balaban J connectivity index is 2.58. The number of carbonyl (C=O) groups excluding carboxylic acids is 1. The lowest BCUT2D eigenvalue weighted by atomic mass is 10.2. The van der Waals surface area contributed by atoms with E-state index in [9.17, 15) is 4.79 Å². The van der Waals surface area contributed by atoms with Crippen molar-refractivity contribution >= 4 is 40.7 Å². The van der Waals surface area contributed by atoms with Gasteiger partial charge in [-0.2, -0.15) is 0 Å². The van der Waals surface area contributed by atoms with Crippen molar-refractivity contribution < 1.29 is 4.79 Å². The molecule has 17 heavy (non-hydrogen) atoms. The number of halogens is 3. The molecule has 0 N–H and O–H groups in total. The van der Waals surface area contributed by atoms with Crippen molar-refractivity contribution in [2.24, 2.45) is 0 Å². The minimum atomic E-state index is 0.0803. The predicted octanol–water partition coefficient (Wildman–Crippen LogP) is 3.97. The molecule has 0 aromatic heterocycles. The highest BCUT2D eigenvalue weighted by molar-refractivity contribution is 6.42. The van der Waals surface area contributed by atoms with Crippen LogP contribution in [0, 0.1) is 0 Å². The molecule has 0 heterocycles. The second kappa shape index (κ2) is 7.10. The number of benzene rings is 1. The highest BCUT2D eigenvalue weighted by atomic mass is 35.5. The highest BCUT2D eigenvalue weighted by Crippen LogP contribution is 2.23. The number of alkyl halides is 1. The molecular formula is C12H14Cl3NO. The van der Waals surface area contributed by atoms with Gasteiger partial charge in [0.25, 0.3) is 0 Å². The molecule has 5 heteroatoms. The van der Waals surface area contributed by atoms with Gasteiger partial charge in [-0.1, -0.05) is 29.3 Å². The Morgan fingerprint density at radius 2 is 2.00 bits per heavy atom. The van der Waals surface area contributed by atoms with Gasteiger partial charge < -0.3 is 4.90 Å². The molecule has 1 amide bonds. The zero-order valence-corrected chi connectivity index (χ0v) is 11.8. The standard InChI is InChI=1S/C12H14Cl3NO/c1-16(12(17)3-2-6-13)8-9-4-5-10(14)11(15)7-9/h4-5,7H,2-3,6,8H2,1H3. The summed E-state index contributed by atoms with van der Waals surface area (Å²) in [5, 5.41) is 1.03. The second-order valence-corrected chi connectivity index (χ2v) is 4.98. The lowest BCUT2D eigenvalue weighted by Gasteiger charge is -2.17. The van der Waals surface area contributed by atoms with Gasteiger partial charge in [0, 0.05) is 25.9 Å². The van der Waals surface area contributed by atoms with E-state index in [0.717, 1.165) is 5.56 Å². The van der Waals surface area contributed by atoms with E-state index in [1.54, 1.807) is 24.1 Å². The first kappa shape index (κ1) is 14.6. The van der Waals surface area contributed by atoms with Crippen LogP contribution in [0.15, 0.2) is 18.2 Å². The molecule has 1 aromatic carbocycles. The van der Waals surface area contributed by atoms with E-state index in [2.05, 4.69) is 0 Å². The highest BCUT2D eigenvalue weighted by Gasteiger charge is 2.09. The van der Waals surface area contributed by atoms with Crippen LogP contribution in [0.5, 0.6) is 0 Å². The van der Waals surface area contributed by atoms with E-state index >= 15 is 0 Å². The fourth-order valence-electron chi connectivity index (χ4n) is 1.41. The SMILES string of the molecule is CN(Cc1ccc(Cl)c(Cl)c1)C(=O)CCCCl. The summed E-state index contributed by atoms with van der Waals surface area (Å²) in [5.74, 6) is 0.587. The van der Waals surface area contributed by atoms with Crippen molar-refractivity contribution in [3.63, 3.8) is 0 Å². The average Bonchev–Trinajstić information content (AvgIpc) is 2.30. The Morgan fingerprint density at radius 1 is 1.29 bits per heavy atom. The van der Waals surface area contributed by atoms with Crippen molar-refractivity contribution in [2.45, 2.75) is 19.4 Å². The predicted molar refractivity (Wildman–Crippen MR) is 72.9 cm³/mol. The van der Waals surface area contributed by atoms with Crippen molar-refractivity contribution in [1.82, 2.24) is 4.90 Å². The number of amides is 1. The van der Waals surface area contributed by atoms with Gasteiger partial charge in [-0.25, -0.2) is 0 Å². The summed E-state index contributed by atoms with van der Waals surface area (Å²) >= 11 is 17.3. The maximum absolute atomic E-state index is 11.7. The molecular weight excluding hydrogens is 280 g/mol. The average molecular weight is 295 g/mol. The van der Waals surface area contributed by atoms with E-state index < -0.39 is 0 Å². The van der Waals surface area contributed by atoms with E-state index in [1.807, 2.05) is 6.07 Å². The van der Waals surface area contributed by atoms with Crippen LogP contribution in [0.3, 0.4) is 0 Å². The van der Waals surface area contributed by atoms with Gasteiger partial charge in [-0.3, -0.25) is 4.79 Å². The Morgan fingerprint density at radius 3 is 2.59 bits per heavy atom.